The quantitative estimate of drug-likeness (QED) is 0.774. The lowest BCUT2D eigenvalue weighted by Gasteiger charge is -2.17. The highest BCUT2D eigenvalue weighted by atomic mass is 32.2. The van der Waals surface area contributed by atoms with Crippen LogP contribution in [0.1, 0.15) is 47.9 Å². The van der Waals surface area contributed by atoms with Gasteiger partial charge in [-0.2, -0.15) is 0 Å². The third-order valence-electron chi connectivity index (χ3n) is 5.72. The van der Waals surface area contributed by atoms with Crippen LogP contribution in [-0.2, 0) is 19.9 Å². The van der Waals surface area contributed by atoms with E-state index < -0.39 is 19.9 Å². The molecule has 5 nitrogen and oxygen atoms in total. The van der Waals surface area contributed by atoms with Crippen LogP contribution in [-0.4, -0.2) is 22.1 Å². The minimum atomic E-state index is -3.85. The number of anilines is 1. The topological polar surface area (TPSA) is 80.3 Å². The zero-order valence-electron chi connectivity index (χ0n) is 16.7. The lowest BCUT2D eigenvalue weighted by atomic mass is 10.0. The molecular weight excluding hydrogens is 394 g/mol. The van der Waals surface area contributed by atoms with Gasteiger partial charge in [0.1, 0.15) is 0 Å². The smallest absolute Gasteiger partial charge is 0.262 e. The summed E-state index contributed by atoms with van der Waals surface area (Å²) in [6, 6.07) is 8.11. The molecule has 1 fully saturated rings. The van der Waals surface area contributed by atoms with Crippen molar-refractivity contribution in [3.05, 3.63) is 52.6 Å². The third-order valence-corrected chi connectivity index (χ3v) is 9.64. The average Bonchev–Trinajstić information content (AvgIpc) is 3.15. The van der Waals surface area contributed by atoms with Crippen molar-refractivity contribution < 1.29 is 16.8 Å². The minimum Gasteiger partial charge on any atom is -0.280 e. The molecule has 0 aromatic heterocycles. The molecule has 0 aliphatic heterocycles. The first kappa shape index (κ1) is 20.9. The van der Waals surface area contributed by atoms with E-state index >= 15 is 0 Å². The number of sulfonamides is 1. The standard InChI is InChI=1S/C21H27NO4S2/c1-14-12-15(2)17(4)21(16(14)3)28(25,26)22-18-8-7-11-20(13-18)27(23,24)19-9-5-6-10-19/h7-8,11-13,19,22H,5-6,9-10H2,1-4H3. The van der Waals surface area contributed by atoms with Gasteiger partial charge in [0.05, 0.1) is 20.7 Å². The predicted molar refractivity (Wildman–Crippen MR) is 112 cm³/mol. The van der Waals surface area contributed by atoms with Crippen molar-refractivity contribution in [3.8, 4) is 0 Å². The van der Waals surface area contributed by atoms with Crippen molar-refractivity contribution in [3.63, 3.8) is 0 Å². The van der Waals surface area contributed by atoms with Gasteiger partial charge in [0.15, 0.2) is 9.84 Å². The van der Waals surface area contributed by atoms with Crippen LogP contribution in [0.15, 0.2) is 40.1 Å². The van der Waals surface area contributed by atoms with E-state index in [0.717, 1.165) is 24.0 Å². The summed E-state index contributed by atoms with van der Waals surface area (Å²) in [5.74, 6) is 0. The lowest BCUT2D eigenvalue weighted by molar-refractivity contribution is 0.579. The first-order valence-corrected chi connectivity index (χ1v) is 12.5. The fraction of sp³-hybridized carbons (Fsp3) is 0.429. The molecule has 0 amide bonds. The van der Waals surface area contributed by atoms with Gasteiger partial charge < -0.3 is 0 Å². The number of nitrogens with one attached hydrogen (secondary N) is 1. The van der Waals surface area contributed by atoms with E-state index in [1.165, 1.54) is 6.07 Å². The molecule has 28 heavy (non-hydrogen) atoms. The molecule has 0 saturated heterocycles. The van der Waals surface area contributed by atoms with Crippen molar-refractivity contribution in [1.29, 1.82) is 0 Å². The van der Waals surface area contributed by atoms with Crippen LogP contribution in [0.4, 0.5) is 5.69 Å². The second-order valence-electron chi connectivity index (χ2n) is 7.67. The molecular formula is C21H27NO4S2. The van der Waals surface area contributed by atoms with E-state index in [1.54, 1.807) is 32.0 Å². The molecule has 1 N–H and O–H groups in total. The fourth-order valence-corrected chi connectivity index (χ4v) is 7.48. The van der Waals surface area contributed by atoms with E-state index in [4.69, 9.17) is 0 Å². The summed E-state index contributed by atoms with van der Waals surface area (Å²) >= 11 is 0. The maximum Gasteiger partial charge on any atom is 0.262 e. The zero-order chi connectivity index (χ0) is 20.7. The van der Waals surface area contributed by atoms with Gasteiger partial charge in [-0.1, -0.05) is 25.0 Å². The summed E-state index contributed by atoms with van der Waals surface area (Å²) in [7, 11) is -7.29. The fourth-order valence-electron chi connectivity index (χ4n) is 3.92. The van der Waals surface area contributed by atoms with Crippen molar-refractivity contribution in [2.75, 3.05) is 4.72 Å². The van der Waals surface area contributed by atoms with Gasteiger partial charge in [-0.25, -0.2) is 16.8 Å². The molecule has 1 saturated carbocycles. The number of rotatable bonds is 5. The molecule has 3 rings (SSSR count). The molecule has 2 aromatic carbocycles. The van der Waals surface area contributed by atoms with Crippen molar-refractivity contribution in [2.45, 2.75) is 68.4 Å². The molecule has 0 atom stereocenters. The van der Waals surface area contributed by atoms with E-state index in [0.29, 0.717) is 24.0 Å². The van der Waals surface area contributed by atoms with Gasteiger partial charge >= 0.3 is 0 Å². The predicted octanol–water partition coefficient (Wildman–Crippen LogP) is 4.44. The second kappa shape index (κ2) is 7.52. The van der Waals surface area contributed by atoms with Gasteiger partial charge in [-0.05, 0) is 81.0 Å². The lowest BCUT2D eigenvalue weighted by Crippen LogP contribution is -2.19. The molecule has 2 aromatic rings. The highest BCUT2D eigenvalue weighted by molar-refractivity contribution is 7.93. The van der Waals surface area contributed by atoms with Gasteiger partial charge in [-0.15, -0.1) is 0 Å². The number of hydrogen-bond donors (Lipinski definition) is 1. The summed E-state index contributed by atoms with van der Waals surface area (Å²) < 4.78 is 54.5. The van der Waals surface area contributed by atoms with Crippen LogP contribution >= 0.6 is 0 Å². The van der Waals surface area contributed by atoms with Gasteiger partial charge in [-0.3, -0.25) is 4.72 Å². The SMILES string of the molecule is Cc1cc(C)c(C)c(S(=O)(=O)Nc2cccc(S(=O)(=O)C3CCCC3)c2)c1C. The Balaban J connectivity index is 1.99. The minimum absolute atomic E-state index is 0.175. The van der Waals surface area contributed by atoms with E-state index in [9.17, 15) is 16.8 Å². The second-order valence-corrected chi connectivity index (χ2v) is 11.5. The summed E-state index contributed by atoms with van der Waals surface area (Å²) in [5.41, 5.74) is 3.47. The summed E-state index contributed by atoms with van der Waals surface area (Å²) in [4.78, 5) is 0.433. The molecule has 0 unspecified atom stereocenters. The number of hydrogen-bond acceptors (Lipinski definition) is 4. The van der Waals surface area contributed by atoms with Gasteiger partial charge in [0, 0.05) is 0 Å². The molecule has 1 aliphatic rings. The summed E-state index contributed by atoms with van der Waals surface area (Å²) in [6.45, 7) is 7.35. The molecule has 0 heterocycles. The van der Waals surface area contributed by atoms with Crippen LogP contribution in [0, 0.1) is 27.7 Å². The molecule has 0 bridgehead atoms. The maximum atomic E-state index is 13.1. The van der Waals surface area contributed by atoms with Crippen molar-refractivity contribution in [2.24, 2.45) is 0 Å². The first-order chi connectivity index (χ1) is 13.0. The van der Waals surface area contributed by atoms with Gasteiger partial charge in [0.25, 0.3) is 10.0 Å². The molecule has 1 aliphatic carbocycles. The van der Waals surface area contributed by atoms with Crippen LogP contribution in [0.3, 0.4) is 0 Å². The Labute approximate surface area is 168 Å². The maximum absolute atomic E-state index is 13.1. The Morgan fingerprint density at radius 2 is 1.43 bits per heavy atom. The van der Waals surface area contributed by atoms with Crippen LogP contribution in [0.5, 0.6) is 0 Å². The number of sulfone groups is 1. The Morgan fingerprint density at radius 1 is 0.857 bits per heavy atom. The Bertz CT molecular complexity index is 1090. The van der Waals surface area contributed by atoms with Crippen LogP contribution < -0.4 is 4.72 Å². The number of benzene rings is 2. The highest BCUT2D eigenvalue weighted by Gasteiger charge is 2.30. The molecule has 0 spiro atoms. The van der Waals surface area contributed by atoms with Crippen LogP contribution in [0.25, 0.3) is 0 Å². The summed E-state index contributed by atoms with van der Waals surface area (Å²) in [6.07, 6.45) is 3.17. The van der Waals surface area contributed by atoms with Crippen LogP contribution in [0.2, 0.25) is 0 Å². The molecule has 0 radical (unpaired) electrons. The Morgan fingerprint density at radius 3 is 2.00 bits per heavy atom. The van der Waals surface area contributed by atoms with Gasteiger partial charge in [0.2, 0.25) is 0 Å². The third kappa shape index (κ3) is 3.82. The molecule has 152 valence electrons. The normalized spacial score (nSPS) is 15.7. The highest BCUT2D eigenvalue weighted by Crippen LogP contribution is 2.32. The average molecular weight is 422 g/mol. The Kier molecular flexibility index (Phi) is 5.60. The molecule has 7 heteroatoms. The zero-order valence-corrected chi connectivity index (χ0v) is 18.4. The van der Waals surface area contributed by atoms with E-state index in [-0.39, 0.29) is 20.7 Å². The monoisotopic (exact) mass is 421 g/mol. The van der Waals surface area contributed by atoms with Crippen molar-refractivity contribution in [1.82, 2.24) is 0 Å². The van der Waals surface area contributed by atoms with Crippen molar-refractivity contribution >= 4 is 25.5 Å². The largest absolute Gasteiger partial charge is 0.280 e. The number of aryl methyl sites for hydroxylation is 2. The first-order valence-electron chi connectivity index (χ1n) is 9.48. The summed E-state index contributed by atoms with van der Waals surface area (Å²) in [5, 5.41) is -0.372. The Hall–Kier alpha value is -1.86. The van der Waals surface area contributed by atoms with E-state index in [2.05, 4.69) is 4.72 Å². The van der Waals surface area contributed by atoms with E-state index in [1.807, 2.05) is 19.9 Å².